The third-order valence-corrected chi connectivity index (χ3v) is 2.79. The fourth-order valence-corrected chi connectivity index (χ4v) is 1.92. The number of carboxylic acids is 2. The molecule has 6 heteroatoms. The van der Waals surface area contributed by atoms with E-state index in [1.165, 1.54) is 4.90 Å². The maximum Gasteiger partial charge on any atom is 0.323 e. The Morgan fingerprint density at radius 1 is 1.18 bits per heavy atom. The molecule has 1 aromatic carbocycles. The van der Waals surface area contributed by atoms with Crippen molar-refractivity contribution in [3.05, 3.63) is 28.7 Å². The molecule has 92 valence electrons. The van der Waals surface area contributed by atoms with Crippen LogP contribution in [0.1, 0.15) is 6.42 Å². The molecule has 1 rings (SSSR count). The topological polar surface area (TPSA) is 77.8 Å². The molecule has 5 nitrogen and oxygen atoms in total. The molecule has 0 aliphatic heterocycles. The molecule has 0 aromatic heterocycles. The summed E-state index contributed by atoms with van der Waals surface area (Å²) in [4.78, 5) is 22.8. The van der Waals surface area contributed by atoms with E-state index in [-0.39, 0.29) is 19.5 Å². The molecule has 0 bridgehead atoms. The van der Waals surface area contributed by atoms with Crippen molar-refractivity contribution in [2.45, 2.75) is 6.42 Å². The van der Waals surface area contributed by atoms with E-state index in [2.05, 4.69) is 15.9 Å². The van der Waals surface area contributed by atoms with Gasteiger partial charge in [0.1, 0.15) is 6.54 Å². The van der Waals surface area contributed by atoms with Crippen LogP contribution in [-0.4, -0.2) is 35.2 Å². The Labute approximate surface area is 107 Å². The summed E-state index contributed by atoms with van der Waals surface area (Å²) < 4.78 is 0.742. The lowest BCUT2D eigenvalue weighted by Crippen LogP contribution is -2.32. The number of benzene rings is 1. The van der Waals surface area contributed by atoms with Gasteiger partial charge >= 0.3 is 11.9 Å². The predicted octanol–water partition coefficient (Wildman–Crippen LogP) is 1.81. The average Bonchev–Trinajstić information content (AvgIpc) is 2.24. The zero-order valence-electron chi connectivity index (χ0n) is 8.97. The van der Waals surface area contributed by atoms with E-state index in [4.69, 9.17) is 10.2 Å². The molecule has 0 unspecified atom stereocenters. The summed E-state index contributed by atoms with van der Waals surface area (Å²) >= 11 is 3.31. The zero-order valence-corrected chi connectivity index (χ0v) is 10.6. The van der Waals surface area contributed by atoms with E-state index in [9.17, 15) is 9.59 Å². The minimum Gasteiger partial charge on any atom is -0.481 e. The van der Waals surface area contributed by atoms with Crippen LogP contribution < -0.4 is 4.90 Å². The number of para-hydroxylation sites is 1. The van der Waals surface area contributed by atoms with E-state index < -0.39 is 11.9 Å². The van der Waals surface area contributed by atoms with Gasteiger partial charge in [0.15, 0.2) is 0 Å². The van der Waals surface area contributed by atoms with Gasteiger partial charge in [-0.05, 0) is 28.1 Å². The Hall–Kier alpha value is -1.56. The van der Waals surface area contributed by atoms with Gasteiger partial charge in [-0.25, -0.2) is 0 Å². The van der Waals surface area contributed by atoms with Crippen molar-refractivity contribution in [2.75, 3.05) is 18.0 Å². The minimum atomic E-state index is -0.994. The smallest absolute Gasteiger partial charge is 0.323 e. The van der Waals surface area contributed by atoms with Gasteiger partial charge in [0, 0.05) is 11.0 Å². The summed E-state index contributed by atoms with van der Waals surface area (Å²) in [5.41, 5.74) is 0.677. The molecule has 2 N–H and O–H groups in total. The highest BCUT2D eigenvalue weighted by molar-refractivity contribution is 9.10. The van der Waals surface area contributed by atoms with Crippen molar-refractivity contribution in [2.24, 2.45) is 0 Å². The van der Waals surface area contributed by atoms with Crippen LogP contribution in [0.5, 0.6) is 0 Å². The summed E-state index contributed by atoms with van der Waals surface area (Å²) in [6, 6.07) is 7.11. The summed E-state index contributed by atoms with van der Waals surface area (Å²) in [7, 11) is 0. The van der Waals surface area contributed by atoms with Gasteiger partial charge in [-0.1, -0.05) is 12.1 Å². The van der Waals surface area contributed by atoms with Gasteiger partial charge in [0.25, 0.3) is 0 Å². The first kappa shape index (κ1) is 13.5. The van der Waals surface area contributed by atoms with Crippen LogP contribution in [0.25, 0.3) is 0 Å². The molecule has 0 amide bonds. The summed E-state index contributed by atoms with van der Waals surface area (Å²) in [6.07, 6.45) is -0.103. The van der Waals surface area contributed by atoms with Crippen LogP contribution >= 0.6 is 15.9 Å². The largest absolute Gasteiger partial charge is 0.481 e. The van der Waals surface area contributed by atoms with Crippen molar-refractivity contribution in [3.63, 3.8) is 0 Å². The van der Waals surface area contributed by atoms with Gasteiger partial charge < -0.3 is 15.1 Å². The molecule has 0 fully saturated rings. The SMILES string of the molecule is O=C(O)CCN(CC(=O)O)c1ccccc1Br. The van der Waals surface area contributed by atoms with Gasteiger partial charge in [-0.15, -0.1) is 0 Å². The lowest BCUT2D eigenvalue weighted by atomic mass is 10.2. The van der Waals surface area contributed by atoms with Crippen LogP contribution in [0.15, 0.2) is 28.7 Å². The number of hydrogen-bond donors (Lipinski definition) is 2. The normalized spacial score (nSPS) is 9.94. The summed E-state index contributed by atoms with van der Waals surface area (Å²) in [5.74, 6) is -1.95. The summed E-state index contributed by atoms with van der Waals surface area (Å²) in [6.45, 7) is -0.0693. The molecule has 0 heterocycles. The Balaban J connectivity index is 2.85. The van der Waals surface area contributed by atoms with E-state index in [0.29, 0.717) is 5.69 Å². The van der Waals surface area contributed by atoms with Crippen LogP contribution in [0.4, 0.5) is 5.69 Å². The monoisotopic (exact) mass is 301 g/mol. The number of rotatable bonds is 6. The molecule has 0 aliphatic rings. The molecular weight excluding hydrogens is 290 g/mol. The first-order valence-electron chi connectivity index (χ1n) is 4.93. The third-order valence-electron chi connectivity index (χ3n) is 2.11. The van der Waals surface area contributed by atoms with Crippen molar-refractivity contribution in [3.8, 4) is 0 Å². The fraction of sp³-hybridized carbons (Fsp3) is 0.273. The zero-order chi connectivity index (χ0) is 12.8. The third kappa shape index (κ3) is 4.44. The highest BCUT2D eigenvalue weighted by Gasteiger charge is 2.14. The lowest BCUT2D eigenvalue weighted by molar-refractivity contribution is -0.138. The Morgan fingerprint density at radius 2 is 1.82 bits per heavy atom. The van der Waals surface area contributed by atoms with Gasteiger partial charge in [-0.2, -0.15) is 0 Å². The second-order valence-electron chi connectivity index (χ2n) is 3.41. The Bertz CT molecular complexity index is 422. The fourth-order valence-electron chi connectivity index (χ4n) is 1.39. The molecule has 0 atom stereocenters. The first-order valence-corrected chi connectivity index (χ1v) is 5.73. The molecule has 0 aliphatic carbocycles. The number of nitrogens with zero attached hydrogens (tertiary/aromatic N) is 1. The van der Waals surface area contributed by atoms with Crippen LogP contribution in [0, 0.1) is 0 Å². The Morgan fingerprint density at radius 3 is 2.35 bits per heavy atom. The second-order valence-corrected chi connectivity index (χ2v) is 4.26. The molecule has 0 saturated carbocycles. The van der Waals surface area contributed by atoms with Crippen LogP contribution in [0.3, 0.4) is 0 Å². The highest BCUT2D eigenvalue weighted by atomic mass is 79.9. The van der Waals surface area contributed by atoms with Crippen LogP contribution in [-0.2, 0) is 9.59 Å². The standard InChI is InChI=1S/C11H12BrNO4/c12-8-3-1-2-4-9(8)13(7-11(16)17)6-5-10(14)15/h1-4H,5-7H2,(H,14,15)(H,16,17). The van der Waals surface area contributed by atoms with Crippen LogP contribution in [0.2, 0.25) is 0 Å². The van der Waals surface area contributed by atoms with E-state index in [0.717, 1.165) is 4.47 Å². The molecule has 0 spiro atoms. The van der Waals surface area contributed by atoms with Crippen molar-refractivity contribution in [1.82, 2.24) is 0 Å². The highest BCUT2D eigenvalue weighted by Crippen LogP contribution is 2.25. The number of carboxylic acid groups (broad SMARTS) is 2. The van der Waals surface area contributed by atoms with Crippen molar-refractivity contribution >= 4 is 33.6 Å². The van der Waals surface area contributed by atoms with Gasteiger partial charge in [-0.3, -0.25) is 9.59 Å². The number of anilines is 1. The number of halogens is 1. The predicted molar refractivity (Wildman–Crippen MR) is 66.2 cm³/mol. The minimum absolute atomic E-state index is 0.103. The molecule has 17 heavy (non-hydrogen) atoms. The number of aliphatic carboxylic acids is 2. The lowest BCUT2D eigenvalue weighted by Gasteiger charge is -2.23. The van der Waals surface area contributed by atoms with Gasteiger partial charge in [0.2, 0.25) is 0 Å². The maximum atomic E-state index is 10.7. The molecule has 1 aromatic rings. The van der Waals surface area contributed by atoms with E-state index >= 15 is 0 Å². The van der Waals surface area contributed by atoms with Crippen molar-refractivity contribution < 1.29 is 19.8 Å². The molecule has 0 radical (unpaired) electrons. The number of hydrogen-bond acceptors (Lipinski definition) is 3. The first-order chi connectivity index (χ1) is 8.00. The maximum absolute atomic E-state index is 10.7. The molecular formula is C11H12BrNO4. The number of carbonyl (C=O) groups is 2. The Kier molecular flexibility index (Phi) is 4.96. The quantitative estimate of drug-likeness (QED) is 0.838. The molecule has 0 saturated heterocycles. The average molecular weight is 302 g/mol. The van der Waals surface area contributed by atoms with Crippen molar-refractivity contribution in [1.29, 1.82) is 0 Å². The second kappa shape index (κ2) is 6.24. The summed E-state index contributed by atoms with van der Waals surface area (Å²) in [5, 5.41) is 17.4. The van der Waals surface area contributed by atoms with Gasteiger partial charge in [0.05, 0.1) is 12.1 Å². The van der Waals surface area contributed by atoms with E-state index in [1.807, 2.05) is 6.07 Å². The van der Waals surface area contributed by atoms with E-state index in [1.54, 1.807) is 18.2 Å².